The third-order valence-corrected chi connectivity index (χ3v) is 4.57. The smallest absolute Gasteiger partial charge is 0.407 e. The highest BCUT2D eigenvalue weighted by atomic mass is 16.5. The lowest BCUT2D eigenvalue weighted by molar-refractivity contribution is 0.140. The summed E-state index contributed by atoms with van der Waals surface area (Å²) in [5.74, 6) is 0. The Bertz CT molecular complexity index is 715. The van der Waals surface area contributed by atoms with Crippen LogP contribution in [0.5, 0.6) is 0 Å². The van der Waals surface area contributed by atoms with Crippen LogP contribution in [0.4, 0.5) is 16.2 Å². The van der Waals surface area contributed by atoms with Crippen molar-refractivity contribution in [1.82, 2.24) is 5.32 Å². The molecule has 2 aromatic carbocycles. The highest BCUT2D eigenvalue weighted by Gasteiger charge is 2.23. The molecule has 0 fully saturated rings. The van der Waals surface area contributed by atoms with Gasteiger partial charge in [0.25, 0.3) is 0 Å². The third-order valence-electron chi connectivity index (χ3n) is 4.57. The maximum Gasteiger partial charge on any atom is 0.407 e. The molecule has 132 valence electrons. The van der Waals surface area contributed by atoms with E-state index in [4.69, 9.17) is 4.74 Å². The largest absolute Gasteiger partial charge is 0.450 e. The topological polar surface area (TPSA) is 50.4 Å². The minimum Gasteiger partial charge on any atom is -0.450 e. The molecular weight excluding hydrogens is 312 g/mol. The molecule has 0 saturated carbocycles. The van der Waals surface area contributed by atoms with E-state index >= 15 is 0 Å². The monoisotopic (exact) mass is 338 g/mol. The number of nitrogens with one attached hydrogen (secondary N) is 2. The lowest BCUT2D eigenvalue weighted by Crippen LogP contribution is -2.30. The Morgan fingerprint density at radius 2 is 1.84 bits per heavy atom. The molecule has 0 saturated heterocycles. The van der Waals surface area contributed by atoms with Gasteiger partial charge in [-0.3, -0.25) is 0 Å². The predicted octanol–water partition coefficient (Wildman–Crippen LogP) is 5.33. The van der Waals surface area contributed by atoms with Gasteiger partial charge >= 0.3 is 6.09 Å². The Labute approximate surface area is 149 Å². The number of benzene rings is 2. The van der Waals surface area contributed by atoms with Crippen molar-refractivity contribution < 1.29 is 9.53 Å². The number of hydrogen-bond acceptors (Lipinski definition) is 3. The number of ether oxygens (including phenoxy) is 1. The molecule has 25 heavy (non-hydrogen) atoms. The van der Waals surface area contributed by atoms with Crippen molar-refractivity contribution in [1.29, 1.82) is 0 Å². The molecule has 0 bridgehead atoms. The van der Waals surface area contributed by atoms with E-state index in [1.807, 2.05) is 30.3 Å². The van der Waals surface area contributed by atoms with Crippen molar-refractivity contribution in [3.05, 3.63) is 59.7 Å². The second-order valence-electron chi connectivity index (χ2n) is 6.47. The first kappa shape index (κ1) is 17.3. The van der Waals surface area contributed by atoms with E-state index < -0.39 is 0 Å². The van der Waals surface area contributed by atoms with Gasteiger partial charge in [-0.05, 0) is 36.1 Å². The average Bonchev–Trinajstić information content (AvgIpc) is 2.78. The van der Waals surface area contributed by atoms with E-state index in [-0.39, 0.29) is 12.1 Å². The van der Waals surface area contributed by atoms with Crippen LogP contribution >= 0.6 is 0 Å². The van der Waals surface area contributed by atoms with Gasteiger partial charge in [-0.25, -0.2) is 4.79 Å². The number of para-hydroxylation sites is 2. The van der Waals surface area contributed by atoms with Crippen molar-refractivity contribution in [3.63, 3.8) is 0 Å². The average molecular weight is 338 g/mol. The van der Waals surface area contributed by atoms with E-state index in [2.05, 4.69) is 35.8 Å². The standard InChI is InChI=1S/C21H26N2O2/c1-2-3-4-9-14-25-21(24)23-20-15-16-10-5-7-12-18(16)22-19-13-8-6-11-17(19)20/h5-8,10-13,20,22H,2-4,9,14-15H2,1H3,(H,23,24). The lowest BCUT2D eigenvalue weighted by Gasteiger charge is -2.19. The van der Waals surface area contributed by atoms with Crippen molar-refractivity contribution in [2.75, 3.05) is 11.9 Å². The fraction of sp³-hybridized carbons (Fsp3) is 0.381. The molecule has 4 nitrogen and oxygen atoms in total. The molecule has 3 rings (SSSR count). The molecule has 0 radical (unpaired) electrons. The molecule has 0 aliphatic carbocycles. The van der Waals surface area contributed by atoms with Crippen LogP contribution in [0.2, 0.25) is 0 Å². The van der Waals surface area contributed by atoms with Crippen molar-refractivity contribution in [3.8, 4) is 0 Å². The molecule has 1 amide bonds. The van der Waals surface area contributed by atoms with Gasteiger partial charge < -0.3 is 15.4 Å². The summed E-state index contributed by atoms with van der Waals surface area (Å²) < 4.78 is 5.36. The number of unbranched alkanes of at least 4 members (excludes halogenated alkanes) is 3. The molecule has 0 aromatic heterocycles. The van der Waals surface area contributed by atoms with Gasteiger partial charge in [0.1, 0.15) is 0 Å². The molecule has 1 aliphatic heterocycles. The lowest BCUT2D eigenvalue weighted by atomic mass is 9.99. The van der Waals surface area contributed by atoms with Crippen LogP contribution < -0.4 is 10.6 Å². The highest BCUT2D eigenvalue weighted by Crippen LogP contribution is 2.34. The van der Waals surface area contributed by atoms with Gasteiger partial charge in [-0.15, -0.1) is 0 Å². The Kier molecular flexibility index (Phi) is 5.94. The van der Waals surface area contributed by atoms with Crippen LogP contribution in [-0.2, 0) is 11.2 Å². The fourth-order valence-electron chi connectivity index (χ4n) is 3.22. The summed E-state index contributed by atoms with van der Waals surface area (Å²) >= 11 is 0. The molecule has 0 spiro atoms. The Hall–Kier alpha value is -2.49. The molecular formula is C21H26N2O2. The zero-order chi connectivity index (χ0) is 17.5. The molecule has 1 atom stereocenters. The van der Waals surface area contributed by atoms with Crippen LogP contribution in [0, 0.1) is 0 Å². The number of rotatable bonds is 6. The van der Waals surface area contributed by atoms with Gasteiger partial charge in [0.2, 0.25) is 0 Å². The fourth-order valence-corrected chi connectivity index (χ4v) is 3.22. The molecule has 4 heteroatoms. The summed E-state index contributed by atoms with van der Waals surface area (Å²) in [6.07, 6.45) is 4.79. The summed E-state index contributed by atoms with van der Waals surface area (Å²) in [5.41, 5.74) is 4.39. The van der Waals surface area contributed by atoms with Crippen LogP contribution in [0.1, 0.15) is 49.8 Å². The third kappa shape index (κ3) is 4.53. The second-order valence-corrected chi connectivity index (χ2v) is 6.47. The maximum atomic E-state index is 12.2. The number of fused-ring (bicyclic) bond motifs is 2. The van der Waals surface area contributed by atoms with Gasteiger partial charge in [0, 0.05) is 11.4 Å². The normalized spacial score (nSPS) is 15.3. The van der Waals surface area contributed by atoms with Gasteiger partial charge in [0.15, 0.2) is 0 Å². The van der Waals surface area contributed by atoms with Crippen molar-refractivity contribution in [2.24, 2.45) is 0 Å². The summed E-state index contributed by atoms with van der Waals surface area (Å²) in [6, 6.07) is 16.2. The molecule has 1 unspecified atom stereocenters. The molecule has 2 aromatic rings. The minimum absolute atomic E-state index is 0.101. The van der Waals surface area contributed by atoms with Crippen LogP contribution in [0.25, 0.3) is 0 Å². The highest BCUT2D eigenvalue weighted by molar-refractivity contribution is 5.72. The SMILES string of the molecule is CCCCCCOC(=O)NC1Cc2ccccc2Nc2ccccc21. The van der Waals surface area contributed by atoms with E-state index in [0.717, 1.165) is 36.2 Å². The van der Waals surface area contributed by atoms with Crippen LogP contribution in [0.3, 0.4) is 0 Å². The Morgan fingerprint density at radius 3 is 2.68 bits per heavy atom. The summed E-state index contributed by atoms with van der Waals surface area (Å²) in [6.45, 7) is 2.65. The van der Waals surface area contributed by atoms with Gasteiger partial charge in [-0.1, -0.05) is 62.6 Å². The minimum atomic E-state index is -0.337. The Morgan fingerprint density at radius 1 is 1.08 bits per heavy atom. The number of anilines is 2. The van der Waals surface area contributed by atoms with Crippen molar-refractivity contribution in [2.45, 2.75) is 45.1 Å². The molecule has 2 N–H and O–H groups in total. The first-order chi connectivity index (χ1) is 12.3. The second kappa shape index (κ2) is 8.56. The van der Waals surface area contributed by atoms with Crippen LogP contribution in [-0.4, -0.2) is 12.7 Å². The number of carbonyl (C=O) groups excluding carboxylic acids is 1. The number of amides is 1. The maximum absolute atomic E-state index is 12.2. The first-order valence-electron chi connectivity index (χ1n) is 9.15. The van der Waals surface area contributed by atoms with Crippen LogP contribution in [0.15, 0.2) is 48.5 Å². The summed E-state index contributed by atoms with van der Waals surface area (Å²) in [5, 5.41) is 6.53. The van der Waals surface area contributed by atoms with E-state index in [0.29, 0.717) is 6.61 Å². The van der Waals surface area contributed by atoms with E-state index in [9.17, 15) is 4.79 Å². The summed E-state index contributed by atoms with van der Waals surface area (Å²) in [7, 11) is 0. The number of alkyl carbamates (subject to hydrolysis) is 1. The zero-order valence-corrected chi connectivity index (χ0v) is 14.8. The van der Waals surface area contributed by atoms with Gasteiger partial charge in [-0.2, -0.15) is 0 Å². The van der Waals surface area contributed by atoms with Crippen molar-refractivity contribution >= 4 is 17.5 Å². The van der Waals surface area contributed by atoms with E-state index in [1.54, 1.807) is 0 Å². The zero-order valence-electron chi connectivity index (χ0n) is 14.8. The molecule has 1 heterocycles. The summed E-state index contributed by atoms with van der Waals surface area (Å²) in [4.78, 5) is 12.2. The predicted molar refractivity (Wildman–Crippen MR) is 101 cm³/mol. The van der Waals surface area contributed by atoms with E-state index in [1.165, 1.54) is 18.4 Å². The first-order valence-corrected chi connectivity index (χ1v) is 9.15. The number of carbonyl (C=O) groups is 1. The quantitative estimate of drug-likeness (QED) is 0.700. The van der Waals surface area contributed by atoms with Gasteiger partial charge in [0.05, 0.1) is 12.6 Å². The number of hydrogen-bond donors (Lipinski definition) is 2. The molecule has 1 aliphatic rings. The Balaban J connectivity index is 1.68.